The average molecular weight is 337 g/mol. The molecule has 23 heavy (non-hydrogen) atoms. The van der Waals surface area contributed by atoms with Crippen molar-refractivity contribution in [3.63, 3.8) is 0 Å². The molecule has 0 atom stereocenters. The maximum Gasteiger partial charge on any atom is 0.261 e. The third-order valence-electron chi connectivity index (χ3n) is 3.27. The van der Waals surface area contributed by atoms with E-state index < -0.39 is 10.0 Å². The highest BCUT2D eigenvalue weighted by Crippen LogP contribution is 2.30. The number of sulfonamides is 1. The van der Waals surface area contributed by atoms with Gasteiger partial charge in [0.1, 0.15) is 0 Å². The molecule has 2 rings (SSSR count). The van der Waals surface area contributed by atoms with E-state index in [0.29, 0.717) is 23.6 Å². The number of benzene rings is 2. The second kappa shape index (κ2) is 7.34. The molecule has 2 aromatic carbocycles. The standard InChI is InChI=1S/C16H19NO5S/c1-21-15-8-5-13(11-16(15)22-2)17-23(19,20)14-6-3-12(4-7-14)9-10-18/h3-8,11,17-18H,9-10H2,1-2H3. The lowest BCUT2D eigenvalue weighted by Gasteiger charge is -2.12. The summed E-state index contributed by atoms with van der Waals surface area (Å²) in [6, 6.07) is 11.2. The lowest BCUT2D eigenvalue weighted by atomic mass is 10.2. The van der Waals surface area contributed by atoms with Crippen LogP contribution in [0.25, 0.3) is 0 Å². The quantitative estimate of drug-likeness (QED) is 0.808. The van der Waals surface area contributed by atoms with Gasteiger partial charge >= 0.3 is 0 Å². The molecule has 0 saturated carbocycles. The number of anilines is 1. The van der Waals surface area contributed by atoms with E-state index in [1.54, 1.807) is 30.3 Å². The fourth-order valence-corrected chi connectivity index (χ4v) is 3.13. The van der Waals surface area contributed by atoms with Gasteiger partial charge in [-0.3, -0.25) is 4.72 Å². The number of methoxy groups -OCH3 is 2. The van der Waals surface area contributed by atoms with Crippen LogP contribution in [0.3, 0.4) is 0 Å². The summed E-state index contributed by atoms with van der Waals surface area (Å²) in [6.45, 7) is 0.0238. The van der Waals surface area contributed by atoms with E-state index in [4.69, 9.17) is 14.6 Å². The van der Waals surface area contributed by atoms with Crippen LogP contribution in [0.2, 0.25) is 0 Å². The van der Waals surface area contributed by atoms with E-state index in [-0.39, 0.29) is 11.5 Å². The van der Waals surface area contributed by atoms with E-state index >= 15 is 0 Å². The number of hydrogen-bond acceptors (Lipinski definition) is 5. The van der Waals surface area contributed by atoms with Crippen molar-refractivity contribution in [3.05, 3.63) is 48.0 Å². The highest BCUT2D eigenvalue weighted by Gasteiger charge is 2.15. The molecule has 0 unspecified atom stereocenters. The second-order valence-electron chi connectivity index (χ2n) is 4.79. The Balaban J connectivity index is 2.23. The molecule has 0 bridgehead atoms. The first kappa shape index (κ1) is 17.1. The molecular weight excluding hydrogens is 318 g/mol. The number of ether oxygens (including phenoxy) is 2. The molecule has 0 aromatic heterocycles. The Labute approximate surface area is 135 Å². The summed E-state index contributed by atoms with van der Waals surface area (Å²) >= 11 is 0. The molecule has 0 heterocycles. The average Bonchev–Trinajstić information content (AvgIpc) is 2.55. The fourth-order valence-electron chi connectivity index (χ4n) is 2.08. The number of rotatable bonds is 7. The van der Waals surface area contributed by atoms with Crippen molar-refractivity contribution in [2.45, 2.75) is 11.3 Å². The maximum absolute atomic E-state index is 12.4. The van der Waals surface area contributed by atoms with Crippen molar-refractivity contribution in [2.75, 3.05) is 25.5 Å². The zero-order valence-corrected chi connectivity index (χ0v) is 13.8. The molecule has 0 spiro atoms. The molecule has 7 heteroatoms. The smallest absolute Gasteiger partial charge is 0.261 e. The Morgan fingerprint density at radius 1 is 1.00 bits per heavy atom. The number of nitrogens with one attached hydrogen (secondary N) is 1. The minimum Gasteiger partial charge on any atom is -0.493 e. The molecule has 0 fully saturated rings. The Bertz CT molecular complexity index is 757. The van der Waals surface area contributed by atoms with Gasteiger partial charge in [0, 0.05) is 12.7 Å². The van der Waals surface area contributed by atoms with Crippen molar-refractivity contribution < 1.29 is 23.0 Å². The summed E-state index contributed by atoms with van der Waals surface area (Å²) in [4.78, 5) is 0.147. The van der Waals surface area contributed by atoms with E-state index in [1.807, 2.05) is 0 Å². The number of aliphatic hydroxyl groups excluding tert-OH is 1. The van der Waals surface area contributed by atoms with E-state index in [2.05, 4.69) is 4.72 Å². The van der Waals surface area contributed by atoms with Gasteiger partial charge in [0.15, 0.2) is 11.5 Å². The van der Waals surface area contributed by atoms with Gasteiger partial charge in [-0.25, -0.2) is 8.42 Å². The summed E-state index contributed by atoms with van der Waals surface area (Å²) in [7, 11) is -0.707. The Kier molecular flexibility index (Phi) is 5.46. The van der Waals surface area contributed by atoms with Crippen molar-refractivity contribution in [1.29, 1.82) is 0 Å². The van der Waals surface area contributed by atoms with Crippen LogP contribution in [0, 0.1) is 0 Å². The molecule has 0 saturated heterocycles. The van der Waals surface area contributed by atoms with Gasteiger partial charge in [0.05, 0.1) is 24.8 Å². The SMILES string of the molecule is COc1ccc(NS(=O)(=O)c2ccc(CCO)cc2)cc1OC. The van der Waals surface area contributed by atoms with E-state index in [1.165, 1.54) is 26.4 Å². The van der Waals surface area contributed by atoms with Crippen molar-refractivity contribution in [1.82, 2.24) is 0 Å². The van der Waals surface area contributed by atoms with Crippen LogP contribution < -0.4 is 14.2 Å². The van der Waals surface area contributed by atoms with E-state index in [0.717, 1.165) is 5.56 Å². The topological polar surface area (TPSA) is 84.9 Å². The predicted molar refractivity (Wildman–Crippen MR) is 87.6 cm³/mol. The highest BCUT2D eigenvalue weighted by molar-refractivity contribution is 7.92. The molecule has 0 aliphatic rings. The first-order chi connectivity index (χ1) is 11.0. The molecule has 6 nitrogen and oxygen atoms in total. The van der Waals surface area contributed by atoms with Crippen LogP contribution in [-0.2, 0) is 16.4 Å². The van der Waals surface area contributed by atoms with Gasteiger partial charge in [-0.1, -0.05) is 12.1 Å². The summed E-state index contributed by atoms with van der Waals surface area (Å²) in [6.07, 6.45) is 0.490. The number of hydrogen-bond donors (Lipinski definition) is 2. The van der Waals surface area contributed by atoms with Crippen LogP contribution in [0.5, 0.6) is 11.5 Å². The minimum atomic E-state index is -3.70. The highest BCUT2D eigenvalue weighted by atomic mass is 32.2. The summed E-state index contributed by atoms with van der Waals surface area (Å²) < 4.78 is 37.6. The molecular formula is C16H19NO5S. The second-order valence-corrected chi connectivity index (χ2v) is 6.48. The monoisotopic (exact) mass is 337 g/mol. The van der Waals surface area contributed by atoms with Crippen LogP contribution in [0.4, 0.5) is 5.69 Å². The van der Waals surface area contributed by atoms with Crippen molar-refractivity contribution in [2.24, 2.45) is 0 Å². The van der Waals surface area contributed by atoms with E-state index in [9.17, 15) is 8.42 Å². The van der Waals surface area contributed by atoms with Gasteiger partial charge in [-0.2, -0.15) is 0 Å². The van der Waals surface area contributed by atoms with Gasteiger partial charge in [-0.15, -0.1) is 0 Å². The summed E-state index contributed by atoms with van der Waals surface area (Å²) in [5.74, 6) is 0.954. The zero-order chi connectivity index (χ0) is 16.9. The number of aliphatic hydroxyl groups is 1. The third-order valence-corrected chi connectivity index (χ3v) is 4.67. The normalized spacial score (nSPS) is 11.1. The fraction of sp³-hybridized carbons (Fsp3) is 0.250. The summed E-state index contributed by atoms with van der Waals surface area (Å²) in [5, 5.41) is 8.88. The lowest BCUT2D eigenvalue weighted by Crippen LogP contribution is -2.13. The van der Waals surface area contributed by atoms with Gasteiger partial charge in [0.2, 0.25) is 0 Å². The first-order valence-corrected chi connectivity index (χ1v) is 8.43. The first-order valence-electron chi connectivity index (χ1n) is 6.95. The molecule has 0 radical (unpaired) electrons. The Morgan fingerprint density at radius 3 is 2.22 bits per heavy atom. The Hall–Kier alpha value is -2.25. The van der Waals surface area contributed by atoms with Gasteiger partial charge in [0.25, 0.3) is 10.0 Å². The van der Waals surface area contributed by atoms with Crippen LogP contribution in [0.1, 0.15) is 5.56 Å². The predicted octanol–water partition coefficient (Wildman–Crippen LogP) is 2.04. The van der Waals surface area contributed by atoms with Crippen LogP contribution in [0.15, 0.2) is 47.4 Å². The molecule has 2 aromatic rings. The molecule has 2 N–H and O–H groups in total. The minimum absolute atomic E-state index is 0.0238. The Morgan fingerprint density at radius 2 is 1.65 bits per heavy atom. The van der Waals surface area contributed by atoms with Gasteiger partial charge < -0.3 is 14.6 Å². The summed E-state index contributed by atoms with van der Waals surface area (Å²) in [5.41, 5.74) is 1.25. The molecule has 0 aliphatic heterocycles. The zero-order valence-electron chi connectivity index (χ0n) is 12.9. The van der Waals surface area contributed by atoms with Crippen molar-refractivity contribution in [3.8, 4) is 11.5 Å². The van der Waals surface area contributed by atoms with Crippen LogP contribution in [-0.4, -0.2) is 34.4 Å². The third kappa shape index (κ3) is 4.14. The largest absolute Gasteiger partial charge is 0.493 e. The maximum atomic E-state index is 12.4. The lowest BCUT2D eigenvalue weighted by molar-refractivity contribution is 0.299. The van der Waals surface area contributed by atoms with Crippen molar-refractivity contribution >= 4 is 15.7 Å². The molecule has 0 amide bonds. The molecule has 0 aliphatic carbocycles. The van der Waals surface area contributed by atoms with Gasteiger partial charge in [-0.05, 0) is 36.2 Å². The van der Waals surface area contributed by atoms with Crippen LogP contribution >= 0.6 is 0 Å². The molecule has 124 valence electrons.